The van der Waals surface area contributed by atoms with E-state index in [0.717, 1.165) is 28.9 Å². The minimum absolute atomic E-state index is 0.00276. The van der Waals surface area contributed by atoms with Crippen molar-refractivity contribution in [3.63, 3.8) is 0 Å². The normalized spacial score (nSPS) is 13.3. The first-order valence-electron chi connectivity index (χ1n) is 14.7. The van der Waals surface area contributed by atoms with Gasteiger partial charge in [-0.15, -0.1) is 0 Å². The van der Waals surface area contributed by atoms with Gasteiger partial charge in [0.1, 0.15) is 11.9 Å². The van der Waals surface area contributed by atoms with E-state index in [-0.39, 0.29) is 36.0 Å². The molecule has 1 amide bonds. The van der Waals surface area contributed by atoms with Gasteiger partial charge in [-0.2, -0.15) is 0 Å². The molecule has 3 aromatic rings. The number of amides is 1. The Balaban J connectivity index is 1.80. The lowest BCUT2D eigenvalue weighted by Gasteiger charge is -2.28. The van der Waals surface area contributed by atoms with E-state index in [4.69, 9.17) is 9.47 Å². The first kappa shape index (κ1) is 32.9. The van der Waals surface area contributed by atoms with E-state index < -0.39 is 12.1 Å². The summed E-state index contributed by atoms with van der Waals surface area (Å²) in [7, 11) is 0. The number of aryl methyl sites for hydroxylation is 2. The molecule has 0 fully saturated rings. The molecule has 0 saturated carbocycles. The van der Waals surface area contributed by atoms with Crippen molar-refractivity contribution in [1.29, 1.82) is 0 Å². The van der Waals surface area contributed by atoms with Gasteiger partial charge in [0, 0.05) is 5.56 Å². The summed E-state index contributed by atoms with van der Waals surface area (Å²) in [5.41, 5.74) is 7.53. The molecule has 0 heterocycles. The quantitative estimate of drug-likeness (QED) is 0.246. The predicted molar refractivity (Wildman–Crippen MR) is 169 cm³/mol. The zero-order valence-electron chi connectivity index (χ0n) is 26.6. The number of ether oxygens (including phenoxy) is 2. The van der Waals surface area contributed by atoms with Crippen LogP contribution in [0.5, 0.6) is 5.75 Å². The standard InChI is InChI=1S/C36H47NO5/c1-10-41-34(40)30(38)22-37-33(39)27-13-11-25(12-14-27)31(21-35(4,5)6)42-29-19-23(2)32(24(3)20-29)26-15-17-28(18-16-26)36(7,8)9/h11-20,30-31,38H,10,21-22H2,1-9H3,(H,37,39). The molecule has 42 heavy (non-hydrogen) atoms. The van der Waals surface area contributed by atoms with Crippen LogP contribution in [0, 0.1) is 19.3 Å². The molecule has 0 aliphatic heterocycles. The smallest absolute Gasteiger partial charge is 0.336 e. The third-order valence-corrected chi connectivity index (χ3v) is 7.18. The van der Waals surface area contributed by atoms with Crippen LogP contribution in [0.2, 0.25) is 0 Å². The molecule has 3 rings (SSSR count). The summed E-state index contributed by atoms with van der Waals surface area (Å²) in [5, 5.41) is 12.5. The number of rotatable bonds is 10. The molecule has 3 aromatic carbocycles. The molecule has 2 unspecified atom stereocenters. The van der Waals surface area contributed by atoms with Gasteiger partial charge in [-0.05, 0) is 95.7 Å². The Morgan fingerprint density at radius 2 is 1.45 bits per heavy atom. The molecule has 0 aliphatic carbocycles. The topological polar surface area (TPSA) is 84.9 Å². The lowest BCUT2D eigenvalue weighted by molar-refractivity contribution is -0.152. The third kappa shape index (κ3) is 8.93. The number of esters is 1. The van der Waals surface area contributed by atoms with Gasteiger partial charge in [0.25, 0.3) is 5.91 Å². The Kier molecular flexibility index (Phi) is 10.6. The van der Waals surface area contributed by atoms with Crippen LogP contribution in [0.3, 0.4) is 0 Å². The highest BCUT2D eigenvalue weighted by Crippen LogP contribution is 2.37. The van der Waals surface area contributed by atoms with Gasteiger partial charge in [-0.3, -0.25) is 4.79 Å². The molecule has 6 heteroatoms. The van der Waals surface area contributed by atoms with E-state index in [1.54, 1.807) is 19.1 Å². The van der Waals surface area contributed by atoms with Gasteiger partial charge in [-0.25, -0.2) is 4.79 Å². The molecule has 0 radical (unpaired) electrons. The summed E-state index contributed by atoms with van der Waals surface area (Å²) in [6.07, 6.45) is -0.847. The highest BCUT2D eigenvalue weighted by molar-refractivity contribution is 5.94. The summed E-state index contributed by atoms with van der Waals surface area (Å²) in [5.74, 6) is -0.327. The molecule has 0 spiro atoms. The molecule has 226 valence electrons. The second-order valence-electron chi connectivity index (χ2n) is 13.2. The van der Waals surface area contributed by atoms with Gasteiger partial charge < -0.3 is 19.9 Å². The summed E-state index contributed by atoms with van der Waals surface area (Å²) >= 11 is 0. The number of hydrogen-bond donors (Lipinski definition) is 2. The Morgan fingerprint density at radius 3 is 1.95 bits per heavy atom. The van der Waals surface area contributed by atoms with Crippen molar-refractivity contribution in [2.75, 3.05) is 13.2 Å². The molecule has 2 atom stereocenters. The van der Waals surface area contributed by atoms with Crippen LogP contribution >= 0.6 is 0 Å². The maximum atomic E-state index is 12.6. The minimum atomic E-state index is -1.40. The number of aliphatic hydroxyl groups is 1. The Morgan fingerprint density at radius 1 is 0.881 bits per heavy atom. The second-order valence-corrected chi connectivity index (χ2v) is 13.2. The molecular weight excluding hydrogens is 526 g/mol. The number of nitrogens with one attached hydrogen (secondary N) is 1. The van der Waals surface area contributed by atoms with Crippen LogP contribution in [0.25, 0.3) is 11.1 Å². The highest BCUT2D eigenvalue weighted by atomic mass is 16.5. The van der Waals surface area contributed by atoms with Crippen molar-refractivity contribution in [2.24, 2.45) is 5.41 Å². The van der Waals surface area contributed by atoms with Crippen LogP contribution in [-0.4, -0.2) is 36.2 Å². The summed E-state index contributed by atoms with van der Waals surface area (Å²) in [6, 6.07) is 20.3. The predicted octanol–water partition coefficient (Wildman–Crippen LogP) is 7.48. The molecular formula is C36H47NO5. The first-order chi connectivity index (χ1) is 19.6. The number of hydrogen-bond acceptors (Lipinski definition) is 5. The molecule has 2 N–H and O–H groups in total. The monoisotopic (exact) mass is 573 g/mol. The van der Waals surface area contributed by atoms with E-state index in [0.29, 0.717) is 5.56 Å². The van der Waals surface area contributed by atoms with E-state index in [9.17, 15) is 14.7 Å². The van der Waals surface area contributed by atoms with Crippen molar-refractivity contribution in [3.05, 3.63) is 88.5 Å². The van der Waals surface area contributed by atoms with E-state index in [1.807, 2.05) is 12.1 Å². The fourth-order valence-corrected chi connectivity index (χ4v) is 4.99. The second kappa shape index (κ2) is 13.6. The lowest BCUT2D eigenvalue weighted by atomic mass is 9.85. The van der Waals surface area contributed by atoms with Gasteiger partial charge in [0.15, 0.2) is 6.10 Å². The van der Waals surface area contributed by atoms with Crippen molar-refractivity contribution in [3.8, 4) is 16.9 Å². The number of carbonyl (C=O) groups is 2. The molecule has 6 nitrogen and oxygen atoms in total. The van der Waals surface area contributed by atoms with E-state index in [1.165, 1.54) is 16.7 Å². The van der Waals surface area contributed by atoms with Crippen LogP contribution in [0.1, 0.15) is 93.6 Å². The van der Waals surface area contributed by atoms with Gasteiger partial charge in [0.05, 0.1) is 13.2 Å². The molecule has 0 aliphatic rings. The first-order valence-corrected chi connectivity index (χ1v) is 14.7. The summed E-state index contributed by atoms with van der Waals surface area (Å²) < 4.78 is 11.4. The molecule has 0 saturated heterocycles. The highest BCUT2D eigenvalue weighted by Gasteiger charge is 2.24. The number of aliphatic hydroxyl groups excluding tert-OH is 1. The maximum absolute atomic E-state index is 12.6. The Bertz CT molecular complexity index is 1340. The number of carbonyl (C=O) groups excluding carboxylic acids is 2. The summed E-state index contributed by atoms with van der Waals surface area (Å²) in [6.45, 7) is 19.1. The van der Waals surface area contributed by atoms with Gasteiger partial charge in [-0.1, -0.05) is 77.9 Å². The number of benzene rings is 3. The average Bonchev–Trinajstić information content (AvgIpc) is 2.90. The van der Waals surface area contributed by atoms with Crippen LogP contribution in [0.15, 0.2) is 60.7 Å². The zero-order chi connectivity index (χ0) is 31.2. The minimum Gasteiger partial charge on any atom is -0.486 e. The molecule has 0 bridgehead atoms. The maximum Gasteiger partial charge on any atom is 0.336 e. The van der Waals surface area contributed by atoms with Crippen LogP contribution in [0.4, 0.5) is 0 Å². The van der Waals surface area contributed by atoms with Crippen molar-refractivity contribution in [2.45, 2.75) is 86.4 Å². The third-order valence-electron chi connectivity index (χ3n) is 7.18. The van der Waals surface area contributed by atoms with Crippen LogP contribution in [-0.2, 0) is 14.9 Å². The zero-order valence-corrected chi connectivity index (χ0v) is 26.6. The lowest BCUT2D eigenvalue weighted by Crippen LogP contribution is -2.37. The largest absolute Gasteiger partial charge is 0.486 e. The summed E-state index contributed by atoms with van der Waals surface area (Å²) in [4.78, 5) is 24.2. The fraction of sp³-hybridized carbons (Fsp3) is 0.444. The average molecular weight is 574 g/mol. The van der Waals surface area contributed by atoms with Crippen molar-refractivity contribution < 1.29 is 24.2 Å². The Hall–Kier alpha value is -3.64. The fourth-order valence-electron chi connectivity index (χ4n) is 4.99. The van der Waals surface area contributed by atoms with Gasteiger partial charge in [0.2, 0.25) is 0 Å². The van der Waals surface area contributed by atoms with Crippen molar-refractivity contribution >= 4 is 11.9 Å². The molecule has 0 aromatic heterocycles. The Labute approximate surface area is 251 Å². The van der Waals surface area contributed by atoms with Crippen molar-refractivity contribution in [1.82, 2.24) is 5.32 Å². The SMILES string of the molecule is CCOC(=O)C(O)CNC(=O)c1ccc(C(CC(C)(C)C)Oc2cc(C)c(-c3ccc(C(C)(C)C)cc3)c(C)c2)cc1. The van der Waals surface area contributed by atoms with E-state index >= 15 is 0 Å². The van der Waals surface area contributed by atoms with Crippen LogP contribution < -0.4 is 10.1 Å². The van der Waals surface area contributed by atoms with E-state index in [2.05, 4.69) is 97.1 Å². The van der Waals surface area contributed by atoms with Gasteiger partial charge >= 0.3 is 5.97 Å².